The number of thiocarbonyl (C=S) groups is 1. The number of benzene rings is 3. The minimum atomic E-state index is -0.208. The van der Waals surface area contributed by atoms with E-state index in [0.29, 0.717) is 30.0 Å². The van der Waals surface area contributed by atoms with Gasteiger partial charge < -0.3 is 19.5 Å². The highest BCUT2D eigenvalue weighted by molar-refractivity contribution is 7.80. The van der Waals surface area contributed by atoms with Gasteiger partial charge in [-0.25, -0.2) is 0 Å². The van der Waals surface area contributed by atoms with Crippen molar-refractivity contribution in [2.24, 2.45) is 0 Å². The van der Waals surface area contributed by atoms with Crippen LogP contribution in [0.1, 0.15) is 42.5 Å². The van der Waals surface area contributed by atoms with Gasteiger partial charge in [0.25, 0.3) is 5.89 Å². The van der Waals surface area contributed by atoms with E-state index in [-0.39, 0.29) is 6.04 Å². The standard InChI is InChI=1S/C29H28N4O2S/c1-4-34-24-16-14-22(15-17-24)27-31-28(35-32-27)25-20(3)33(18-23-13-9-8-10-19(23)2)29(36)30-26(25)21-11-6-5-7-12-21/h5-17,26H,4,18H2,1-3H3,(H,30,36). The molecule has 0 radical (unpaired) electrons. The van der Waals surface area contributed by atoms with E-state index in [0.717, 1.165) is 28.1 Å². The maximum absolute atomic E-state index is 5.86. The van der Waals surface area contributed by atoms with Crippen LogP contribution in [0.2, 0.25) is 0 Å². The van der Waals surface area contributed by atoms with Crippen LogP contribution in [-0.2, 0) is 6.54 Å². The van der Waals surface area contributed by atoms with E-state index in [2.05, 4.69) is 59.6 Å². The molecule has 1 atom stereocenters. The number of rotatable bonds is 7. The third kappa shape index (κ3) is 4.75. The lowest BCUT2D eigenvalue weighted by Gasteiger charge is -2.37. The third-order valence-corrected chi connectivity index (χ3v) is 6.74. The normalized spacial score (nSPS) is 15.7. The zero-order chi connectivity index (χ0) is 25.1. The van der Waals surface area contributed by atoms with Crippen molar-refractivity contribution in [1.82, 2.24) is 20.4 Å². The van der Waals surface area contributed by atoms with E-state index in [9.17, 15) is 0 Å². The van der Waals surface area contributed by atoms with Crippen LogP contribution in [0.5, 0.6) is 5.75 Å². The fourth-order valence-electron chi connectivity index (χ4n) is 4.42. The smallest absolute Gasteiger partial charge is 0.258 e. The van der Waals surface area contributed by atoms with Gasteiger partial charge >= 0.3 is 0 Å². The van der Waals surface area contributed by atoms with Gasteiger partial charge in [0.05, 0.1) is 24.8 Å². The Balaban J connectivity index is 1.56. The molecular weight excluding hydrogens is 468 g/mol. The summed E-state index contributed by atoms with van der Waals surface area (Å²) in [5.74, 6) is 1.80. The number of hydrogen-bond donors (Lipinski definition) is 1. The van der Waals surface area contributed by atoms with Crippen molar-refractivity contribution in [2.75, 3.05) is 6.61 Å². The Hall–Kier alpha value is -3.97. The molecule has 0 amide bonds. The highest BCUT2D eigenvalue weighted by atomic mass is 32.1. The number of aryl methyl sites for hydroxylation is 1. The molecule has 1 aliphatic heterocycles. The summed E-state index contributed by atoms with van der Waals surface area (Å²) in [6.07, 6.45) is 0. The van der Waals surface area contributed by atoms with Gasteiger partial charge in [0.15, 0.2) is 5.11 Å². The lowest BCUT2D eigenvalue weighted by molar-refractivity contribution is 0.340. The van der Waals surface area contributed by atoms with Crippen LogP contribution in [0.4, 0.5) is 0 Å². The molecule has 5 rings (SSSR count). The van der Waals surface area contributed by atoms with Gasteiger partial charge in [-0.05, 0) is 73.9 Å². The molecule has 0 spiro atoms. The molecule has 1 N–H and O–H groups in total. The molecule has 1 aliphatic rings. The number of nitrogens with one attached hydrogen (secondary N) is 1. The Labute approximate surface area is 216 Å². The minimum Gasteiger partial charge on any atom is -0.494 e. The molecule has 0 saturated carbocycles. The predicted molar refractivity (Wildman–Crippen MR) is 145 cm³/mol. The van der Waals surface area contributed by atoms with Gasteiger partial charge in [-0.1, -0.05) is 59.8 Å². The second kappa shape index (κ2) is 10.3. The predicted octanol–water partition coefficient (Wildman–Crippen LogP) is 6.31. The fraction of sp³-hybridized carbons (Fsp3) is 0.207. The number of ether oxygens (including phenoxy) is 1. The van der Waals surface area contributed by atoms with Crippen LogP contribution in [0.25, 0.3) is 17.0 Å². The maximum Gasteiger partial charge on any atom is 0.258 e. The Bertz CT molecular complexity index is 1400. The Morgan fingerprint density at radius 3 is 2.42 bits per heavy atom. The zero-order valence-corrected chi connectivity index (χ0v) is 21.4. The molecule has 6 nitrogen and oxygen atoms in total. The highest BCUT2D eigenvalue weighted by Crippen LogP contribution is 2.38. The summed E-state index contributed by atoms with van der Waals surface area (Å²) in [6.45, 7) is 7.41. The number of allylic oxidation sites excluding steroid dienone is 1. The van der Waals surface area contributed by atoms with Crippen molar-refractivity contribution in [2.45, 2.75) is 33.4 Å². The monoisotopic (exact) mass is 496 g/mol. The number of hydrogen-bond acceptors (Lipinski definition) is 5. The van der Waals surface area contributed by atoms with Gasteiger partial charge in [0.2, 0.25) is 5.82 Å². The lowest BCUT2D eigenvalue weighted by Crippen LogP contribution is -2.45. The topological polar surface area (TPSA) is 63.4 Å². The Morgan fingerprint density at radius 2 is 1.69 bits per heavy atom. The van der Waals surface area contributed by atoms with Crippen LogP contribution >= 0.6 is 12.2 Å². The van der Waals surface area contributed by atoms with Gasteiger partial charge in [0.1, 0.15) is 5.75 Å². The maximum atomic E-state index is 5.86. The van der Waals surface area contributed by atoms with E-state index in [1.165, 1.54) is 11.1 Å². The fourth-order valence-corrected chi connectivity index (χ4v) is 4.74. The molecular formula is C29H28N4O2S. The van der Waals surface area contributed by atoms with Crippen LogP contribution < -0.4 is 10.1 Å². The summed E-state index contributed by atoms with van der Waals surface area (Å²) in [5.41, 5.74) is 6.25. The van der Waals surface area contributed by atoms with Crippen molar-refractivity contribution < 1.29 is 9.26 Å². The van der Waals surface area contributed by atoms with E-state index < -0.39 is 0 Å². The van der Waals surface area contributed by atoms with Gasteiger partial charge in [0, 0.05) is 11.3 Å². The van der Waals surface area contributed by atoms with E-state index in [1.54, 1.807) is 0 Å². The van der Waals surface area contributed by atoms with Crippen molar-refractivity contribution in [3.05, 3.63) is 107 Å². The van der Waals surface area contributed by atoms with Crippen molar-refractivity contribution >= 4 is 22.9 Å². The molecule has 36 heavy (non-hydrogen) atoms. The minimum absolute atomic E-state index is 0.208. The van der Waals surface area contributed by atoms with Crippen molar-refractivity contribution in [1.29, 1.82) is 0 Å². The highest BCUT2D eigenvalue weighted by Gasteiger charge is 2.34. The summed E-state index contributed by atoms with van der Waals surface area (Å²) < 4.78 is 11.4. The van der Waals surface area contributed by atoms with Crippen LogP contribution in [0.3, 0.4) is 0 Å². The first kappa shape index (κ1) is 23.8. The Kier molecular flexibility index (Phi) is 6.82. The number of nitrogens with zero attached hydrogens (tertiary/aromatic N) is 3. The lowest BCUT2D eigenvalue weighted by atomic mass is 9.94. The van der Waals surface area contributed by atoms with Gasteiger partial charge in [-0.2, -0.15) is 4.98 Å². The molecule has 182 valence electrons. The SMILES string of the molecule is CCOc1ccc(-c2noc(C3=C(C)N(Cc4ccccc4C)C(=S)NC3c3ccccc3)n2)cc1. The largest absolute Gasteiger partial charge is 0.494 e. The van der Waals surface area contributed by atoms with Gasteiger partial charge in [-0.15, -0.1) is 0 Å². The number of aromatic nitrogens is 2. The van der Waals surface area contributed by atoms with E-state index in [4.69, 9.17) is 26.5 Å². The molecule has 1 aromatic heterocycles. The summed E-state index contributed by atoms with van der Waals surface area (Å²) in [4.78, 5) is 6.91. The first-order valence-electron chi connectivity index (χ1n) is 12.0. The Morgan fingerprint density at radius 1 is 0.972 bits per heavy atom. The second-order valence-electron chi connectivity index (χ2n) is 8.69. The zero-order valence-electron chi connectivity index (χ0n) is 20.6. The van der Waals surface area contributed by atoms with E-state index >= 15 is 0 Å². The molecule has 2 heterocycles. The second-order valence-corrected chi connectivity index (χ2v) is 9.07. The average Bonchev–Trinajstić information content (AvgIpc) is 3.38. The first-order valence-corrected chi connectivity index (χ1v) is 12.4. The van der Waals surface area contributed by atoms with Crippen LogP contribution in [0.15, 0.2) is 89.1 Å². The summed E-state index contributed by atoms with van der Waals surface area (Å²) >= 11 is 5.84. The molecule has 7 heteroatoms. The first-order chi connectivity index (χ1) is 17.5. The molecule has 0 aliphatic carbocycles. The molecule has 0 fully saturated rings. The quantitative estimate of drug-likeness (QED) is 0.301. The van der Waals surface area contributed by atoms with Crippen LogP contribution in [-0.4, -0.2) is 26.8 Å². The van der Waals surface area contributed by atoms with Crippen LogP contribution in [0, 0.1) is 6.92 Å². The molecule has 3 aromatic carbocycles. The van der Waals surface area contributed by atoms with Crippen molar-refractivity contribution in [3.8, 4) is 17.1 Å². The summed E-state index contributed by atoms with van der Waals surface area (Å²) in [6, 6.07) is 26.0. The molecule has 4 aromatic rings. The average molecular weight is 497 g/mol. The summed E-state index contributed by atoms with van der Waals surface area (Å²) in [5, 5.41) is 8.50. The summed E-state index contributed by atoms with van der Waals surface area (Å²) in [7, 11) is 0. The van der Waals surface area contributed by atoms with E-state index in [1.807, 2.05) is 55.5 Å². The molecule has 0 bridgehead atoms. The molecule has 1 unspecified atom stereocenters. The third-order valence-electron chi connectivity index (χ3n) is 6.40. The van der Waals surface area contributed by atoms with Gasteiger partial charge in [-0.3, -0.25) is 0 Å². The molecule has 0 saturated heterocycles. The van der Waals surface area contributed by atoms with Crippen molar-refractivity contribution in [3.63, 3.8) is 0 Å².